The fourth-order valence-corrected chi connectivity index (χ4v) is 5.07. The summed E-state index contributed by atoms with van der Waals surface area (Å²) in [6.07, 6.45) is 0. The van der Waals surface area contributed by atoms with Crippen molar-refractivity contribution in [2.45, 2.75) is 20.8 Å². The molecule has 158 valence electrons. The number of carbonyl (C=O) groups excluding carboxylic acids is 1. The molecule has 4 rings (SSSR count). The molecule has 1 aliphatic heterocycles. The smallest absolute Gasteiger partial charge is 0.218 e. The molecular weight excluding hydrogens is 396 g/mol. The minimum Gasteiger partial charge on any atom is -0.497 e. The zero-order valence-corrected chi connectivity index (χ0v) is 18.9. The molecule has 0 bridgehead atoms. The van der Waals surface area contributed by atoms with E-state index in [4.69, 9.17) is 4.74 Å². The van der Waals surface area contributed by atoms with Crippen molar-refractivity contribution in [1.82, 2.24) is 9.55 Å². The molecule has 1 saturated heterocycles. The van der Waals surface area contributed by atoms with E-state index in [9.17, 15) is 4.79 Å². The van der Waals surface area contributed by atoms with Gasteiger partial charge < -0.3 is 14.5 Å². The summed E-state index contributed by atoms with van der Waals surface area (Å²) < 4.78 is 7.34. The van der Waals surface area contributed by atoms with E-state index in [0.29, 0.717) is 6.54 Å². The van der Waals surface area contributed by atoms with Crippen molar-refractivity contribution in [3.63, 3.8) is 0 Å². The van der Waals surface area contributed by atoms with Crippen LogP contribution in [0.25, 0.3) is 5.13 Å². The van der Waals surface area contributed by atoms with Crippen LogP contribution in [0, 0.1) is 20.8 Å². The number of benzene rings is 1. The molecule has 1 fully saturated rings. The molecule has 0 aliphatic carbocycles. The molecule has 0 atom stereocenters. The second kappa shape index (κ2) is 8.62. The summed E-state index contributed by atoms with van der Waals surface area (Å²) >= 11 is 1.61. The zero-order valence-electron chi connectivity index (χ0n) is 18.1. The Morgan fingerprint density at radius 3 is 2.47 bits per heavy atom. The molecule has 6 nitrogen and oxygen atoms in total. The summed E-state index contributed by atoms with van der Waals surface area (Å²) in [4.78, 5) is 21.4. The number of anilines is 1. The lowest BCUT2D eigenvalue weighted by molar-refractivity contribution is -0.892. The van der Waals surface area contributed by atoms with Gasteiger partial charge in [0.2, 0.25) is 5.78 Å². The van der Waals surface area contributed by atoms with E-state index >= 15 is 0 Å². The molecule has 3 aromatic rings. The van der Waals surface area contributed by atoms with Gasteiger partial charge in [-0.15, -0.1) is 11.3 Å². The molecule has 0 radical (unpaired) electrons. The molecule has 1 aliphatic rings. The molecule has 0 unspecified atom stereocenters. The van der Waals surface area contributed by atoms with Crippen LogP contribution in [0.3, 0.4) is 0 Å². The first-order valence-electron chi connectivity index (χ1n) is 10.3. The van der Waals surface area contributed by atoms with Crippen LogP contribution in [0.15, 0.2) is 35.7 Å². The molecule has 2 aromatic heterocycles. The number of nitrogens with one attached hydrogen (secondary N) is 1. The number of carbonyl (C=O) groups is 1. The Kier molecular flexibility index (Phi) is 5.92. The minimum atomic E-state index is 0.218. The normalized spacial score (nSPS) is 14.9. The topological polar surface area (TPSA) is 51.8 Å². The lowest BCUT2D eigenvalue weighted by Crippen LogP contribution is -3.15. The molecule has 3 heterocycles. The third-order valence-corrected chi connectivity index (χ3v) is 6.79. The first-order chi connectivity index (χ1) is 14.5. The van der Waals surface area contributed by atoms with Gasteiger partial charge in [0.25, 0.3) is 0 Å². The first-order valence-corrected chi connectivity index (χ1v) is 11.2. The molecule has 0 saturated carbocycles. The second-order valence-corrected chi connectivity index (χ2v) is 8.76. The average Bonchev–Trinajstić information content (AvgIpc) is 3.30. The van der Waals surface area contributed by atoms with Crippen molar-refractivity contribution in [3.05, 3.63) is 58.4 Å². The van der Waals surface area contributed by atoms with Gasteiger partial charge in [0.05, 0.1) is 39.0 Å². The molecule has 1 aromatic carbocycles. The van der Waals surface area contributed by atoms with Crippen molar-refractivity contribution < 1.29 is 14.4 Å². The number of ketones is 1. The third kappa shape index (κ3) is 4.13. The SMILES string of the molecule is COc1ccc(N2CC[NH+](CC(=O)c3cc(C)n(-c4nc(C)cs4)c3C)CC2)cc1. The summed E-state index contributed by atoms with van der Waals surface area (Å²) in [6, 6.07) is 10.2. The van der Waals surface area contributed by atoms with E-state index in [2.05, 4.69) is 26.6 Å². The number of quaternary nitrogens is 1. The lowest BCUT2D eigenvalue weighted by Gasteiger charge is -2.33. The number of hydrogen-bond acceptors (Lipinski definition) is 5. The summed E-state index contributed by atoms with van der Waals surface area (Å²) in [5.74, 6) is 1.09. The van der Waals surface area contributed by atoms with E-state index in [0.717, 1.165) is 59.7 Å². The van der Waals surface area contributed by atoms with Gasteiger partial charge in [-0.05, 0) is 51.1 Å². The number of aryl methyl sites for hydroxylation is 2. The Labute approximate surface area is 181 Å². The number of hydrogen-bond donors (Lipinski definition) is 1. The highest BCUT2D eigenvalue weighted by atomic mass is 32.1. The van der Waals surface area contributed by atoms with Gasteiger partial charge in [0, 0.05) is 28.0 Å². The van der Waals surface area contributed by atoms with E-state index in [1.807, 2.05) is 44.4 Å². The van der Waals surface area contributed by atoms with Crippen LogP contribution in [0.5, 0.6) is 5.75 Å². The third-order valence-electron chi connectivity index (χ3n) is 5.85. The van der Waals surface area contributed by atoms with Crippen LogP contribution in [-0.2, 0) is 0 Å². The van der Waals surface area contributed by atoms with Crippen molar-refractivity contribution in [2.75, 3.05) is 44.7 Å². The Morgan fingerprint density at radius 2 is 1.87 bits per heavy atom. The number of Topliss-reactive ketones (excluding diaryl/α,β-unsaturated/α-hetero) is 1. The summed E-state index contributed by atoms with van der Waals surface area (Å²) in [5, 5.41) is 2.98. The Bertz CT molecular complexity index is 1030. The highest BCUT2D eigenvalue weighted by Crippen LogP contribution is 2.23. The van der Waals surface area contributed by atoms with E-state index in [-0.39, 0.29) is 5.78 Å². The van der Waals surface area contributed by atoms with E-state index < -0.39 is 0 Å². The summed E-state index contributed by atoms with van der Waals surface area (Å²) in [5.41, 5.74) is 5.09. The van der Waals surface area contributed by atoms with Gasteiger partial charge in [-0.3, -0.25) is 9.36 Å². The Morgan fingerprint density at radius 1 is 1.17 bits per heavy atom. The maximum absolute atomic E-state index is 13.1. The lowest BCUT2D eigenvalue weighted by atomic mass is 10.1. The monoisotopic (exact) mass is 425 g/mol. The molecule has 30 heavy (non-hydrogen) atoms. The first kappa shape index (κ1) is 20.6. The number of ether oxygens (including phenoxy) is 1. The van der Waals surface area contributed by atoms with Crippen LogP contribution in [-0.4, -0.2) is 55.2 Å². The number of aromatic nitrogens is 2. The number of piperazine rings is 1. The molecule has 1 N–H and O–H groups in total. The van der Waals surface area contributed by atoms with Gasteiger partial charge >= 0.3 is 0 Å². The van der Waals surface area contributed by atoms with Gasteiger partial charge in [-0.1, -0.05) is 0 Å². The zero-order chi connectivity index (χ0) is 21.3. The molecule has 0 amide bonds. The van der Waals surface area contributed by atoms with Crippen molar-refractivity contribution in [2.24, 2.45) is 0 Å². The van der Waals surface area contributed by atoms with Crippen molar-refractivity contribution in [3.8, 4) is 10.9 Å². The summed E-state index contributed by atoms with van der Waals surface area (Å²) in [6.45, 7) is 10.4. The molecule has 0 spiro atoms. The largest absolute Gasteiger partial charge is 0.497 e. The van der Waals surface area contributed by atoms with Crippen LogP contribution in [0.2, 0.25) is 0 Å². The fourth-order valence-electron chi connectivity index (χ4n) is 4.16. The highest BCUT2D eigenvalue weighted by molar-refractivity contribution is 7.12. The van der Waals surface area contributed by atoms with E-state index in [1.54, 1.807) is 18.4 Å². The molecular formula is C23H29N4O2S+. The van der Waals surface area contributed by atoms with Crippen molar-refractivity contribution in [1.29, 1.82) is 0 Å². The van der Waals surface area contributed by atoms with Gasteiger partial charge in [0.1, 0.15) is 12.3 Å². The maximum atomic E-state index is 13.1. The second-order valence-electron chi connectivity index (χ2n) is 7.93. The average molecular weight is 426 g/mol. The number of thiazole rings is 1. The Balaban J connectivity index is 1.39. The maximum Gasteiger partial charge on any atom is 0.218 e. The van der Waals surface area contributed by atoms with Crippen LogP contribution < -0.4 is 14.5 Å². The predicted octanol–water partition coefficient (Wildman–Crippen LogP) is 2.46. The van der Waals surface area contributed by atoms with Crippen LogP contribution in [0.1, 0.15) is 27.4 Å². The Hall–Kier alpha value is -2.64. The fraction of sp³-hybridized carbons (Fsp3) is 0.391. The summed E-state index contributed by atoms with van der Waals surface area (Å²) in [7, 11) is 1.68. The van der Waals surface area contributed by atoms with Gasteiger partial charge in [-0.25, -0.2) is 4.98 Å². The molecule has 7 heteroatoms. The number of methoxy groups -OCH3 is 1. The minimum absolute atomic E-state index is 0.218. The highest BCUT2D eigenvalue weighted by Gasteiger charge is 2.25. The van der Waals surface area contributed by atoms with Gasteiger partial charge in [0.15, 0.2) is 5.13 Å². The number of rotatable bonds is 6. The van der Waals surface area contributed by atoms with Crippen molar-refractivity contribution >= 4 is 22.8 Å². The predicted molar refractivity (Wildman–Crippen MR) is 121 cm³/mol. The van der Waals surface area contributed by atoms with Gasteiger partial charge in [-0.2, -0.15) is 0 Å². The standard InChI is InChI=1S/C23H28N4O2S/c1-16-15-30-23(24-16)27-17(2)13-21(18(27)3)22(28)14-25-9-11-26(12-10-25)19-5-7-20(29-4)8-6-19/h5-8,13,15H,9-12,14H2,1-4H3/p+1. The quantitative estimate of drug-likeness (QED) is 0.617. The number of nitrogens with zero attached hydrogens (tertiary/aromatic N) is 3. The van der Waals surface area contributed by atoms with E-state index in [1.165, 1.54) is 10.6 Å². The van der Waals surface area contributed by atoms with Crippen LogP contribution >= 0.6 is 11.3 Å². The van der Waals surface area contributed by atoms with Crippen LogP contribution in [0.4, 0.5) is 5.69 Å².